The Morgan fingerprint density at radius 2 is 1.67 bits per heavy atom. The van der Waals surface area contributed by atoms with E-state index in [-0.39, 0.29) is 12.1 Å². The number of para-hydroxylation sites is 2. The Bertz CT molecular complexity index is 1290. The maximum Gasteiger partial charge on any atom is 0.416 e. The fraction of sp³-hybridized carbons (Fsp3) is 0.192. The molecule has 4 rings (SSSR count). The number of hydrogen-bond donors (Lipinski definition) is 1. The van der Waals surface area contributed by atoms with Crippen LogP contribution in [-0.2, 0) is 20.5 Å². The van der Waals surface area contributed by atoms with E-state index in [0.29, 0.717) is 22.6 Å². The molecular weight excluding hydrogens is 477 g/mol. The van der Waals surface area contributed by atoms with Gasteiger partial charge in [-0.25, -0.2) is 4.79 Å². The van der Waals surface area contributed by atoms with E-state index in [9.17, 15) is 27.6 Å². The summed E-state index contributed by atoms with van der Waals surface area (Å²) >= 11 is 0. The maximum absolute atomic E-state index is 13.0. The molecule has 1 aliphatic rings. The molecule has 2 amide bonds. The molecule has 0 radical (unpaired) electrons. The van der Waals surface area contributed by atoms with Gasteiger partial charge in [-0.15, -0.1) is 0 Å². The first kappa shape index (κ1) is 24.8. The number of esters is 1. The summed E-state index contributed by atoms with van der Waals surface area (Å²) in [6, 6.07) is 17.3. The Morgan fingerprint density at radius 3 is 2.36 bits per heavy atom. The Morgan fingerprint density at radius 1 is 1.00 bits per heavy atom. The van der Waals surface area contributed by atoms with Crippen LogP contribution in [0.3, 0.4) is 0 Å². The van der Waals surface area contributed by atoms with Gasteiger partial charge < -0.3 is 19.7 Å². The first-order valence-electron chi connectivity index (χ1n) is 10.9. The van der Waals surface area contributed by atoms with Gasteiger partial charge in [0.15, 0.2) is 12.7 Å². The van der Waals surface area contributed by atoms with E-state index in [1.807, 2.05) is 0 Å². The standard InChI is InChI=1S/C26H21F3N2O5/c1-30-24(33)22-14-31(20-8-4-5-9-21(20)36-22)23(32)15-35-25(34)19-7-3-2-6-18(19)16-10-12-17(13-11-16)26(27,28)29/h2-13,22H,14-15H2,1H3,(H,30,33). The molecule has 1 atom stereocenters. The number of nitrogens with one attached hydrogen (secondary N) is 1. The molecular formula is C26H21F3N2O5. The summed E-state index contributed by atoms with van der Waals surface area (Å²) in [5.41, 5.74) is 0.467. The van der Waals surface area contributed by atoms with Gasteiger partial charge in [0.2, 0.25) is 0 Å². The number of alkyl halides is 3. The molecule has 7 nitrogen and oxygen atoms in total. The lowest BCUT2D eigenvalue weighted by Gasteiger charge is -2.33. The Balaban J connectivity index is 1.51. The molecule has 10 heteroatoms. The van der Waals surface area contributed by atoms with E-state index in [2.05, 4.69) is 5.32 Å². The normalized spacial score (nSPS) is 14.9. The van der Waals surface area contributed by atoms with Crippen molar-refractivity contribution < 1.29 is 37.0 Å². The average molecular weight is 498 g/mol. The van der Waals surface area contributed by atoms with E-state index >= 15 is 0 Å². The summed E-state index contributed by atoms with van der Waals surface area (Å²) in [6.07, 6.45) is -5.42. The topological polar surface area (TPSA) is 84.9 Å². The largest absolute Gasteiger partial charge is 0.477 e. The lowest BCUT2D eigenvalue weighted by molar-refractivity contribution is -0.137. The van der Waals surface area contributed by atoms with Crippen molar-refractivity contribution in [2.45, 2.75) is 12.3 Å². The molecule has 1 unspecified atom stereocenters. The number of nitrogens with zero attached hydrogens (tertiary/aromatic N) is 1. The lowest BCUT2D eigenvalue weighted by Crippen LogP contribution is -2.51. The van der Waals surface area contributed by atoms with E-state index < -0.39 is 42.2 Å². The van der Waals surface area contributed by atoms with Gasteiger partial charge in [0.1, 0.15) is 5.75 Å². The SMILES string of the molecule is CNC(=O)C1CN(C(=O)COC(=O)c2ccccc2-c2ccc(C(F)(F)F)cc2)c2ccccc2O1. The number of ether oxygens (including phenoxy) is 2. The number of amides is 2. The summed E-state index contributed by atoms with van der Waals surface area (Å²) in [5.74, 6) is -1.46. The van der Waals surface area contributed by atoms with Crippen molar-refractivity contribution in [2.75, 3.05) is 25.1 Å². The van der Waals surface area contributed by atoms with Crippen molar-refractivity contribution in [1.29, 1.82) is 0 Å². The van der Waals surface area contributed by atoms with Crippen LogP contribution in [0, 0.1) is 0 Å². The quantitative estimate of drug-likeness (QED) is 0.537. The zero-order valence-electron chi connectivity index (χ0n) is 19.0. The number of likely N-dealkylation sites (N-methyl/N-ethyl adjacent to an activating group) is 1. The van der Waals surface area contributed by atoms with Crippen molar-refractivity contribution in [1.82, 2.24) is 5.32 Å². The third kappa shape index (κ3) is 5.17. The first-order chi connectivity index (χ1) is 17.2. The number of hydrogen-bond acceptors (Lipinski definition) is 5. The van der Waals surface area contributed by atoms with Gasteiger partial charge in [-0.05, 0) is 41.5 Å². The van der Waals surface area contributed by atoms with Crippen molar-refractivity contribution in [3.63, 3.8) is 0 Å². The molecule has 0 spiro atoms. The highest BCUT2D eigenvalue weighted by molar-refractivity contribution is 6.01. The third-order valence-corrected chi connectivity index (χ3v) is 5.61. The molecule has 0 aliphatic carbocycles. The molecule has 1 heterocycles. The fourth-order valence-corrected chi connectivity index (χ4v) is 3.80. The maximum atomic E-state index is 13.0. The molecule has 0 saturated heterocycles. The smallest absolute Gasteiger partial charge is 0.416 e. The predicted molar refractivity (Wildman–Crippen MR) is 124 cm³/mol. The van der Waals surface area contributed by atoms with E-state index in [1.54, 1.807) is 42.5 Å². The summed E-state index contributed by atoms with van der Waals surface area (Å²) in [4.78, 5) is 39.3. The molecule has 1 N–H and O–H groups in total. The van der Waals surface area contributed by atoms with Crippen LogP contribution in [0.25, 0.3) is 11.1 Å². The van der Waals surface area contributed by atoms with Gasteiger partial charge in [0, 0.05) is 7.05 Å². The van der Waals surface area contributed by atoms with Crippen LogP contribution in [0.1, 0.15) is 15.9 Å². The molecule has 3 aromatic carbocycles. The van der Waals surface area contributed by atoms with Gasteiger partial charge in [0.25, 0.3) is 11.8 Å². The minimum Gasteiger partial charge on any atom is -0.477 e. The molecule has 186 valence electrons. The minimum atomic E-state index is -4.48. The molecule has 0 saturated carbocycles. The second kappa shape index (κ2) is 10.1. The minimum absolute atomic E-state index is 0.0742. The Labute approximate surface area is 204 Å². The zero-order chi connectivity index (χ0) is 25.9. The van der Waals surface area contributed by atoms with Crippen molar-refractivity contribution >= 4 is 23.5 Å². The first-order valence-corrected chi connectivity index (χ1v) is 10.9. The van der Waals surface area contributed by atoms with E-state index in [0.717, 1.165) is 12.1 Å². The van der Waals surface area contributed by atoms with Gasteiger partial charge in [-0.3, -0.25) is 9.59 Å². The van der Waals surface area contributed by atoms with Crippen LogP contribution in [0.15, 0.2) is 72.8 Å². The summed E-state index contributed by atoms with van der Waals surface area (Å²) in [6.45, 7) is -0.690. The molecule has 0 aromatic heterocycles. The Hall–Kier alpha value is -4.34. The summed E-state index contributed by atoms with van der Waals surface area (Å²) < 4.78 is 49.6. The summed E-state index contributed by atoms with van der Waals surface area (Å²) in [7, 11) is 1.45. The third-order valence-electron chi connectivity index (χ3n) is 5.61. The van der Waals surface area contributed by atoms with Crippen LogP contribution in [0.2, 0.25) is 0 Å². The monoisotopic (exact) mass is 498 g/mol. The van der Waals surface area contributed by atoms with Gasteiger partial charge in [0.05, 0.1) is 23.4 Å². The second-order valence-corrected chi connectivity index (χ2v) is 7.89. The number of carbonyl (C=O) groups is 3. The number of halogens is 3. The zero-order valence-corrected chi connectivity index (χ0v) is 19.0. The molecule has 1 aliphatic heterocycles. The molecule has 36 heavy (non-hydrogen) atoms. The van der Waals surface area contributed by atoms with Gasteiger partial charge >= 0.3 is 12.1 Å². The Kier molecular flexibility index (Phi) is 6.96. The lowest BCUT2D eigenvalue weighted by atomic mass is 9.98. The van der Waals surface area contributed by atoms with Crippen molar-refractivity contribution in [3.05, 3.63) is 83.9 Å². The van der Waals surface area contributed by atoms with Crippen LogP contribution in [0.5, 0.6) is 5.75 Å². The molecule has 0 bridgehead atoms. The number of rotatable bonds is 5. The summed E-state index contributed by atoms with van der Waals surface area (Å²) in [5, 5.41) is 2.48. The highest BCUT2D eigenvalue weighted by Gasteiger charge is 2.34. The number of carbonyl (C=O) groups excluding carboxylic acids is 3. The van der Waals surface area contributed by atoms with E-state index in [1.165, 1.54) is 30.1 Å². The number of benzene rings is 3. The average Bonchev–Trinajstić information content (AvgIpc) is 2.90. The van der Waals surface area contributed by atoms with Crippen LogP contribution in [-0.4, -0.2) is 44.1 Å². The fourth-order valence-electron chi connectivity index (χ4n) is 3.80. The van der Waals surface area contributed by atoms with Crippen LogP contribution in [0.4, 0.5) is 18.9 Å². The van der Waals surface area contributed by atoms with Crippen molar-refractivity contribution in [3.8, 4) is 16.9 Å². The van der Waals surface area contributed by atoms with Crippen molar-refractivity contribution in [2.24, 2.45) is 0 Å². The second-order valence-electron chi connectivity index (χ2n) is 7.89. The number of anilines is 1. The van der Waals surface area contributed by atoms with Gasteiger partial charge in [-0.2, -0.15) is 13.2 Å². The highest BCUT2D eigenvalue weighted by atomic mass is 19.4. The molecule has 0 fully saturated rings. The molecule has 3 aromatic rings. The highest BCUT2D eigenvalue weighted by Crippen LogP contribution is 2.34. The van der Waals surface area contributed by atoms with Gasteiger partial charge in [-0.1, -0.05) is 42.5 Å². The van der Waals surface area contributed by atoms with E-state index in [4.69, 9.17) is 9.47 Å². The predicted octanol–water partition coefficient (Wildman–Crippen LogP) is 4.07. The van der Waals surface area contributed by atoms with Crippen LogP contribution >= 0.6 is 0 Å². The number of fused-ring (bicyclic) bond motifs is 1. The van der Waals surface area contributed by atoms with Crippen LogP contribution < -0.4 is 15.0 Å².